The van der Waals surface area contributed by atoms with E-state index in [0.29, 0.717) is 29.9 Å². The number of nitrogens with zero attached hydrogens (tertiary/aromatic N) is 1. The highest BCUT2D eigenvalue weighted by Crippen LogP contribution is 2.33. The molecule has 3 aromatic carbocycles. The van der Waals surface area contributed by atoms with E-state index in [2.05, 4.69) is 19.8 Å². The van der Waals surface area contributed by atoms with E-state index in [0.717, 1.165) is 37.1 Å². The molecule has 252 valence electrons. The second-order valence-electron chi connectivity index (χ2n) is 11.1. The van der Waals surface area contributed by atoms with Crippen LogP contribution in [0.15, 0.2) is 96.0 Å². The van der Waals surface area contributed by atoms with Crippen molar-refractivity contribution in [2.75, 3.05) is 11.9 Å². The van der Waals surface area contributed by atoms with Gasteiger partial charge in [0.2, 0.25) is 21.8 Å². The van der Waals surface area contributed by atoms with Gasteiger partial charge in [-0.25, -0.2) is 22.9 Å². The zero-order chi connectivity index (χ0) is 34.4. The highest BCUT2D eigenvalue weighted by atomic mass is 32.2. The van der Waals surface area contributed by atoms with Crippen molar-refractivity contribution in [3.63, 3.8) is 0 Å². The predicted octanol–water partition coefficient (Wildman–Crippen LogP) is 6.32. The number of aromatic carboxylic acids is 1. The van der Waals surface area contributed by atoms with Gasteiger partial charge in [-0.2, -0.15) is 0 Å². The Morgan fingerprint density at radius 3 is 2.15 bits per heavy atom. The largest absolute Gasteiger partial charge is 0.573 e. The Bertz CT molecular complexity index is 1850. The first-order valence-corrected chi connectivity index (χ1v) is 16.2. The summed E-state index contributed by atoms with van der Waals surface area (Å²) in [4.78, 5) is 27.9. The fourth-order valence-corrected chi connectivity index (χ4v) is 6.62. The van der Waals surface area contributed by atoms with Crippen LogP contribution in [0.5, 0.6) is 23.1 Å². The Labute approximate surface area is 273 Å². The van der Waals surface area contributed by atoms with Crippen LogP contribution >= 0.6 is 0 Å². The molecule has 1 aliphatic rings. The van der Waals surface area contributed by atoms with Gasteiger partial charge in [0.25, 0.3) is 0 Å². The molecule has 1 aliphatic carbocycles. The average molecular weight is 686 g/mol. The maximum atomic E-state index is 13.1. The van der Waals surface area contributed by atoms with Gasteiger partial charge in [0, 0.05) is 12.3 Å². The molecule has 0 unspecified atom stereocenters. The van der Waals surface area contributed by atoms with E-state index in [9.17, 15) is 36.3 Å². The molecular weight excluding hydrogens is 655 g/mol. The summed E-state index contributed by atoms with van der Waals surface area (Å²) in [6.07, 6.45) is -0.877. The SMILES string of the molecule is O=C(Cc1ccc(Oc2ccc(OCC3(NS(=O)(=O)c4ccc(OC(F)(F)F)cc4)CCCC3)cc2)nc1)Nc1ccccc1C(=O)O. The van der Waals surface area contributed by atoms with E-state index in [4.69, 9.17) is 9.47 Å². The minimum Gasteiger partial charge on any atom is -0.492 e. The minimum absolute atomic E-state index is 0.0162. The Kier molecular flexibility index (Phi) is 10.2. The fourth-order valence-electron chi connectivity index (χ4n) is 5.17. The number of carbonyl (C=O) groups is 2. The number of benzene rings is 3. The molecule has 48 heavy (non-hydrogen) atoms. The number of carboxylic acids is 1. The molecule has 1 amide bonds. The third-order valence-corrected chi connectivity index (χ3v) is 9.03. The smallest absolute Gasteiger partial charge is 0.492 e. The third-order valence-electron chi connectivity index (χ3n) is 7.43. The molecule has 11 nitrogen and oxygen atoms in total. The molecule has 1 aromatic heterocycles. The van der Waals surface area contributed by atoms with Gasteiger partial charge in [-0.05, 0) is 79.1 Å². The maximum absolute atomic E-state index is 13.1. The summed E-state index contributed by atoms with van der Waals surface area (Å²) in [7, 11) is -4.07. The number of aromatic nitrogens is 1. The van der Waals surface area contributed by atoms with Crippen molar-refractivity contribution >= 4 is 27.6 Å². The van der Waals surface area contributed by atoms with Crippen molar-refractivity contribution in [2.45, 2.75) is 48.9 Å². The predicted molar refractivity (Wildman–Crippen MR) is 167 cm³/mol. The van der Waals surface area contributed by atoms with E-state index in [1.165, 1.54) is 18.3 Å². The molecule has 4 aromatic rings. The summed E-state index contributed by atoms with van der Waals surface area (Å²) in [6.45, 7) is 0.0280. The van der Waals surface area contributed by atoms with Crippen molar-refractivity contribution in [2.24, 2.45) is 0 Å². The van der Waals surface area contributed by atoms with Gasteiger partial charge in [-0.1, -0.05) is 31.0 Å². The lowest BCUT2D eigenvalue weighted by molar-refractivity contribution is -0.274. The van der Waals surface area contributed by atoms with Crippen LogP contribution in [-0.4, -0.2) is 48.9 Å². The lowest BCUT2D eigenvalue weighted by atomic mass is 10.0. The van der Waals surface area contributed by atoms with E-state index in [-0.39, 0.29) is 35.1 Å². The van der Waals surface area contributed by atoms with Crippen LogP contribution in [0.4, 0.5) is 18.9 Å². The Morgan fingerprint density at radius 1 is 0.875 bits per heavy atom. The Balaban J connectivity index is 1.14. The summed E-state index contributed by atoms with van der Waals surface area (Å²) >= 11 is 0. The normalized spacial score (nSPS) is 14.2. The molecule has 0 aliphatic heterocycles. The molecular formula is C33H30F3N3O8S. The molecule has 1 saturated carbocycles. The number of hydrogen-bond acceptors (Lipinski definition) is 8. The average Bonchev–Trinajstić information content (AvgIpc) is 3.49. The first-order chi connectivity index (χ1) is 22.8. The van der Waals surface area contributed by atoms with Crippen LogP contribution in [0, 0.1) is 0 Å². The zero-order valence-electron chi connectivity index (χ0n) is 25.2. The molecule has 1 fully saturated rings. The zero-order valence-corrected chi connectivity index (χ0v) is 26.0. The van der Waals surface area contributed by atoms with Gasteiger partial charge in [0.05, 0.1) is 28.1 Å². The van der Waals surface area contributed by atoms with Crippen LogP contribution in [0.3, 0.4) is 0 Å². The monoisotopic (exact) mass is 685 g/mol. The fraction of sp³-hybridized carbons (Fsp3) is 0.242. The molecule has 3 N–H and O–H groups in total. The van der Waals surface area contributed by atoms with E-state index >= 15 is 0 Å². The number of halogens is 3. The molecule has 0 saturated heterocycles. The standard InChI is InChI=1S/C33H30F3N3O8S/c34-33(35,36)47-25-12-14-26(15-13-25)48(43,44)39-32(17-3-4-18-32)21-45-23-8-10-24(11-9-23)46-30-16-7-22(20-37-30)19-29(40)38-28-6-2-1-5-27(28)31(41)42/h1-2,5-16,20,39H,3-4,17-19,21H2,(H,38,40)(H,41,42). The number of para-hydroxylation sites is 1. The van der Waals surface area contributed by atoms with Crippen molar-refractivity contribution in [1.82, 2.24) is 9.71 Å². The highest BCUT2D eigenvalue weighted by molar-refractivity contribution is 7.89. The topological polar surface area (TPSA) is 153 Å². The lowest BCUT2D eigenvalue weighted by Gasteiger charge is -2.30. The lowest BCUT2D eigenvalue weighted by Crippen LogP contribution is -2.50. The number of ether oxygens (including phenoxy) is 3. The third kappa shape index (κ3) is 9.23. The number of hydrogen-bond donors (Lipinski definition) is 3. The molecule has 1 heterocycles. The minimum atomic E-state index is -4.89. The van der Waals surface area contributed by atoms with E-state index < -0.39 is 39.6 Å². The molecule has 0 bridgehead atoms. The van der Waals surface area contributed by atoms with Crippen LogP contribution in [-0.2, 0) is 21.2 Å². The second-order valence-corrected chi connectivity index (χ2v) is 12.7. The van der Waals surface area contributed by atoms with E-state index in [1.807, 2.05) is 0 Å². The van der Waals surface area contributed by atoms with Crippen molar-refractivity contribution in [3.05, 3.63) is 102 Å². The molecule has 5 rings (SSSR count). The number of carboxylic acid groups (broad SMARTS) is 1. The Morgan fingerprint density at radius 2 is 1.52 bits per heavy atom. The van der Waals surface area contributed by atoms with Gasteiger partial charge >= 0.3 is 12.3 Å². The van der Waals surface area contributed by atoms with Gasteiger partial charge in [-0.3, -0.25) is 4.79 Å². The van der Waals surface area contributed by atoms with Gasteiger partial charge in [-0.15, -0.1) is 13.2 Å². The van der Waals surface area contributed by atoms with Crippen LogP contribution in [0.1, 0.15) is 41.6 Å². The number of amides is 1. The van der Waals surface area contributed by atoms with Gasteiger partial charge in [0.1, 0.15) is 23.9 Å². The molecule has 0 radical (unpaired) electrons. The summed E-state index contributed by atoms with van der Waals surface area (Å²) in [5.74, 6) is -0.914. The van der Waals surface area contributed by atoms with Gasteiger partial charge in [0.15, 0.2) is 0 Å². The summed E-state index contributed by atoms with van der Waals surface area (Å²) in [5, 5.41) is 11.9. The quantitative estimate of drug-likeness (QED) is 0.147. The highest BCUT2D eigenvalue weighted by Gasteiger charge is 2.39. The van der Waals surface area contributed by atoms with Crippen LogP contribution in [0.2, 0.25) is 0 Å². The first kappa shape index (κ1) is 34.2. The molecule has 15 heteroatoms. The molecule has 0 atom stereocenters. The van der Waals surface area contributed by atoms with Crippen LogP contribution < -0.4 is 24.2 Å². The molecule has 0 spiro atoms. The summed E-state index contributed by atoms with van der Waals surface area (Å²) in [5.41, 5.74) is -0.142. The van der Waals surface area contributed by atoms with Crippen molar-refractivity contribution < 1.29 is 50.5 Å². The number of nitrogens with one attached hydrogen (secondary N) is 2. The van der Waals surface area contributed by atoms with Crippen molar-refractivity contribution in [3.8, 4) is 23.1 Å². The van der Waals surface area contributed by atoms with E-state index in [1.54, 1.807) is 48.5 Å². The number of carbonyl (C=O) groups excluding carboxylic acids is 1. The number of alkyl halides is 3. The summed E-state index contributed by atoms with van der Waals surface area (Å²) in [6, 6.07) is 19.9. The van der Waals surface area contributed by atoms with Gasteiger partial charge < -0.3 is 24.6 Å². The van der Waals surface area contributed by atoms with Crippen molar-refractivity contribution in [1.29, 1.82) is 0 Å². The maximum Gasteiger partial charge on any atom is 0.573 e. The number of anilines is 1. The first-order valence-electron chi connectivity index (χ1n) is 14.7. The van der Waals surface area contributed by atoms with Crippen LogP contribution in [0.25, 0.3) is 0 Å². The number of rotatable bonds is 13. The summed E-state index contributed by atoms with van der Waals surface area (Å²) < 4.78 is 81.9. The number of pyridine rings is 1. The number of sulfonamides is 1. The Hall–Kier alpha value is -5.15. The second kappa shape index (κ2) is 14.3.